The van der Waals surface area contributed by atoms with Crippen molar-refractivity contribution in [3.05, 3.63) is 53.1 Å². The maximum atomic E-state index is 13.7. The van der Waals surface area contributed by atoms with E-state index in [9.17, 15) is 23.1 Å². The number of hydrogen-bond donors (Lipinski definition) is 3. The summed E-state index contributed by atoms with van der Waals surface area (Å²) < 4.78 is 34.8. The molecule has 0 bridgehead atoms. The molecule has 0 spiro atoms. The predicted molar refractivity (Wildman–Crippen MR) is 158 cm³/mol. The van der Waals surface area contributed by atoms with Crippen LogP contribution in [0.1, 0.15) is 56.3 Å². The molecule has 2 aromatic carbocycles. The third-order valence-corrected chi connectivity index (χ3v) is 9.42. The highest BCUT2D eigenvalue weighted by Crippen LogP contribution is 2.31. The lowest BCUT2D eigenvalue weighted by molar-refractivity contribution is 0.0366. The van der Waals surface area contributed by atoms with Gasteiger partial charge in [0.2, 0.25) is 0 Å². The molecule has 1 aliphatic heterocycles. The number of sulfonamides is 1. The van der Waals surface area contributed by atoms with E-state index < -0.39 is 22.2 Å². The third-order valence-electron chi connectivity index (χ3n) is 7.77. The van der Waals surface area contributed by atoms with E-state index in [4.69, 9.17) is 16.3 Å². The van der Waals surface area contributed by atoms with Crippen LogP contribution in [0, 0.1) is 5.92 Å². The van der Waals surface area contributed by atoms with Crippen LogP contribution in [0.25, 0.3) is 0 Å². The van der Waals surface area contributed by atoms with Crippen molar-refractivity contribution < 1.29 is 27.9 Å². The second-order valence-electron chi connectivity index (χ2n) is 11.1. The zero-order valence-corrected chi connectivity index (χ0v) is 25.2. The van der Waals surface area contributed by atoms with Crippen molar-refractivity contribution in [2.24, 2.45) is 5.92 Å². The molecule has 4 rings (SSSR count). The van der Waals surface area contributed by atoms with Gasteiger partial charge >= 0.3 is 6.03 Å². The van der Waals surface area contributed by atoms with Crippen molar-refractivity contribution in [1.82, 2.24) is 15.1 Å². The lowest BCUT2D eigenvalue weighted by Gasteiger charge is -2.38. The molecule has 41 heavy (non-hydrogen) atoms. The van der Waals surface area contributed by atoms with Gasteiger partial charge < -0.3 is 25.0 Å². The number of urea groups is 1. The summed E-state index contributed by atoms with van der Waals surface area (Å²) in [4.78, 5) is 29.8. The van der Waals surface area contributed by atoms with E-state index in [0.717, 1.165) is 25.7 Å². The van der Waals surface area contributed by atoms with Crippen molar-refractivity contribution in [2.75, 3.05) is 31.5 Å². The third kappa shape index (κ3) is 7.64. The minimum Gasteiger partial charge on any atom is -0.487 e. The van der Waals surface area contributed by atoms with E-state index in [2.05, 4.69) is 10.0 Å². The van der Waals surface area contributed by atoms with Crippen LogP contribution in [0.4, 0.5) is 10.5 Å². The molecule has 0 radical (unpaired) electrons. The first-order valence-corrected chi connectivity index (χ1v) is 15.9. The molecule has 0 unspecified atom stereocenters. The molecule has 1 saturated carbocycles. The number of amides is 3. The van der Waals surface area contributed by atoms with Gasteiger partial charge in [0, 0.05) is 36.3 Å². The molecule has 3 N–H and O–H groups in total. The maximum absolute atomic E-state index is 13.7. The summed E-state index contributed by atoms with van der Waals surface area (Å²) in [6.45, 7) is 4.01. The van der Waals surface area contributed by atoms with Crippen LogP contribution in [-0.2, 0) is 10.0 Å². The van der Waals surface area contributed by atoms with Crippen molar-refractivity contribution in [3.63, 3.8) is 0 Å². The molecular weight excluding hydrogens is 568 g/mol. The van der Waals surface area contributed by atoms with Crippen molar-refractivity contribution in [3.8, 4) is 5.75 Å². The predicted octanol–water partition coefficient (Wildman–Crippen LogP) is 4.34. The van der Waals surface area contributed by atoms with Crippen LogP contribution in [0.3, 0.4) is 0 Å². The van der Waals surface area contributed by atoms with E-state index in [1.54, 1.807) is 29.8 Å². The summed E-state index contributed by atoms with van der Waals surface area (Å²) in [5.41, 5.74) is 0.342. The Labute approximate surface area is 247 Å². The SMILES string of the molecule is C[C@H](CO)N1C[C@H](C)[C@H](CN(C)C(=O)NC2CCCCC2)Oc2ccc(NS(=O)(=O)c3ccc(Cl)cc3)cc2C1=O. The summed E-state index contributed by atoms with van der Waals surface area (Å²) in [6, 6.07) is 9.79. The average Bonchev–Trinajstić information content (AvgIpc) is 2.95. The van der Waals surface area contributed by atoms with Gasteiger partial charge in [-0.3, -0.25) is 9.52 Å². The lowest BCUT2D eigenvalue weighted by atomic mass is 9.96. The normalized spacial score (nSPS) is 20.7. The maximum Gasteiger partial charge on any atom is 0.317 e. The van der Waals surface area contributed by atoms with E-state index >= 15 is 0 Å². The average molecular weight is 607 g/mol. The summed E-state index contributed by atoms with van der Waals surface area (Å²) >= 11 is 5.90. The number of halogens is 1. The fourth-order valence-corrected chi connectivity index (χ4v) is 6.39. The second kappa shape index (κ2) is 13.3. The Morgan fingerprint density at radius 2 is 1.85 bits per heavy atom. The van der Waals surface area contributed by atoms with Gasteiger partial charge in [0.1, 0.15) is 11.9 Å². The summed E-state index contributed by atoms with van der Waals surface area (Å²) in [5.74, 6) is -0.283. The molecule has 1 heterocycles. The highest BCUT2D eigenvalue weighted by Gasteiger charge is 2.34. The number of aliphatic hydroxyl groups excluding tert-OH is 1. The highest BCUT2D eigenvalue weighted by atomic mass is 35.5. The van der Waals surface area contributed by atoms with Crippen molar-refractivity contribution in [2.45, 2.75) is 69.0 Å². The van der Waals surface area contributed by atoms with Gasteiger partial charge in [-0.25, -0.2) is 13.2 Å². The number of nitrogens with one attached hydrogen (secondary N) is 2. The van der Waals surface area contributed by atoms with Crippen molar-refractivity contribution >= 4 is 39.2 Å². The Morgan fingerprint density at radius 3 is 2.51 bits per heavy atom. The quantitative estimate of drug-likeness (QED) is 0.410. The zero-order valence-electron chi connectivity index (χ0n) is 23.7. The first-order valence-electron chi connectivity index (χ1n) is 14.0. The van der Waals surface area contributed by atoms with Gasteiger partial charge in [0.25, 0.3) is 15.9 Å². The highest BCUT2D eigenvalue weighted by molar-refractivity contribution is 7.92. The van der Waals surface area contributed by atoms with Gasteiger partial charge in [-0.15, -0.1) is 0 Å². The fraction of sp³-hybridized carbons (Fsp3) is 0.517. The van der Waals surface area contributed by atoms with Crippen LogP contribution in [-0.4, -0.2) is 80.2 Å². The first-order chi connectivity index (χ1) is 19.5. The Kier molecular flexibility index (Phi) is 10.0. The Hall–Kier alpha value is -3.02. The number of likely N-dealkylation sites (N-methyl/N-ethyl adjacent to an activating group) is 1. The van der Waals surface area contributed by atoms with Crippen molar-refractivity contribution in [1.29, 1.82) is 0 Å². The molecule has 0 aromatic heterocycles. The standard InChI is InChI=1S/C29H39ClN4O6S/c1-19-16-34(20(2)18-35)28(36)25-15-23(32-41(38,39)24-12-9-21(30)10-13-24)11-14-26(25)40-27(19)17-33(3)29(37)31-22-7-5-4-6-8-22/h9-15,19-20,22,27,32,35H,4-8,16-18H2,1-3H3,(H,31,37)/t19-,20+,27-/m0/s1. The van der Waals surface area contributed by atoms with Gasteiger partial charge in [-0.2, -0.15) is 0 Å². The molecule has 2 aromatic rings. The molecule has 3 atom stereocenters. The number of anilines is 1. The van der Waals surface area contributed by atoms with Crippen LogP contribution in [0.5, 0.6) is 5.75 Å². The zero-order chi connectivity index (χ0) is 29.7. The number of ether oxygens (including phenoxy) is 1. The molecule has 3 amide bonds. The molecule has 12 heteroatoms. The number of benzene rings is 2. The molecular formula is C29H39ClN4O6S. The Balaban J connectivity index is 1.59. The van der Waals surface area contributed by atoms with Crippen LogP contribution >= 0.6 is 11.6 Å². The van der Waals surface area contributed by atoms with Crippen LogP contribution in [0.15, 0.2) is 47.4 Å². The number of rotatable bonds is 8. The molecule has 1 fully saturated rings. The van der Waals surface area contributed by atoms with Gasteiger partial charge in [-0.05, 0) is 62.2 Å². The number of nitrogens with zero attached hydrogens (tertiary/aromatic N) is 2. The molecule has 0 saturated heterocycles. The lowest BCUT2D eigenvalue weighted by Crippen LogP contribution is -2.52. The topological polar surface area (TPSA) is 128 Å². The van der Waals surface area contributed by atoms with E-state index in [-0.39, 0.29) is 65.5 Å². The molecule has 2 aliphatic rings. The number of carbonyl (C=O) groups is 2. The second-order valence-corrected chi connectivity index (χ2v) is 13.2. The minimum absolute atomic E-state index is 0.0233. The van der Waals surface area contributed by atoms with Crippen LogP contribution in [0.2, 0.25) is 5.02 Å². The number of fused-ring (bicyclic) bond motifs is 1. The molecule has 10 nitrogen and oxygen atoms in total. The Morgan fingerprint density at radius 1 is 1.17 bits per heavy atom. The minimum atomic E-state index is -3.95. The number of aliphatic hydroxyl groups is 1. The number of hydrogen-bond acceptors (Lipinski definition) is 6. The van der Waals surface area contributed by atoms with Gasteiger partial charge in [0.05, 0.1) is 29.7 Å². The fourth-order valence-electron chi connectivity index (χ4n) is 5.22. The summed E-state index contributed by atoms with van der Waals surface area (Å²) in [5, 5.41) is 13.4. The van der Waals surface area contributed by atoms with Crippen LogP contribution < -0.4 is 14.8 Å². The van der Waals surface area contributed by atoms with Gasteiger partial charge in [0.15, 0.2) is 0 Å². The Bertz CT molecular complexity index is 1330. The monoisotopic (exact) mass is 606 g/mol. The summed E-state index contributed by atoms with van der Waals surface area (Å²) in [7, 11) is -2.22. The van der Waals surface area contributed by atoms with Gasteiger partial charge in [-0.1, -0.05) is 37.8 Å². The molecule has 1 aliphatic carbocycles. The first kappa shape index (κ1) is 30.9. The molecule has 224 valence electrons. The van der Waals surface area contributed by atoms with E-state index in [0.29, 0.717) is 5.02 Å². The smallest absolute Gasteiger partial charge is 0.317 e. The van der Waals surface area contributed by atoms with E-state index in [1.165, 1.54) is 42.8 Å². The van der Waals surface area contributed by atoms with E-state index in [1.807, 2.05) is 6.92 Å². The largest absolute Gasteiger partial charge is 0.487 e. The number of carbonyl (C=O) groups excluding carboxylic acids is 2. The summed E-state index contributed by atoms with van der Waals surface area (Å²) in [6.07, 6.45) is 4.90.